The Labute approximate surface area is 159 Å². The molecule has 2 heterocycles. The van der Waals surface area contributed by atoms with Gasteiger partial charge in [0, 0.05) is 13.1 Å². The normalized spacial score (nSPS) is 30.4. The third-order valence-corrected chi connectivity index (χ3v) is 6.17. The van der Waals surface area contributed by atoms with E-state index in [4.69, 9.17) is 0 Å². The molecule has 4 amide bonds. The first-order valence-corrected chi connectivity index (χ1v) is 9.91. The van der Waals surface area contributed by atoms with Gasteiger partial charge in [-0.2, -0.15) is 0 Å². The van der Waals surface area contributed by atoms with Gasteiger partial charge in [0.1, 0.15) is 12.1 Å². The number of rotatable bonds is 2. The smallest absolute Gasteiger partial charge is 0.325 e. The number of piperidine rings is 1. The molecule has 3 aliphatic rings. The third kappa shape index (κ3) is 3.01. The molecule has 0 aromatic heterocycles. The molecule has 27 heavy (non-hydrogen) atoms. The molecule has 2 fully saturated rings. The Morgan fingerprint density at radius 2 is 1.89 bits per heavy atom. The fraction of sp³-hybridized carbons (Fsp3) is 0.571. The zero-order valence-corrected chi connectivity index (χ0v) is 16.0. The van der Waals surface area contributed by atoms with Gasteiger partial charge in [0.25, 0.3) is 5.91 Å². The van der Waals surface area contributed by atoms with Crippen molar-refractivity contribution in [2.75, 3.05) is 19.6 Å². The minimum absolute atomic E-state index is 0.141. The molecule has 144 valence electrons. The van der Waals surface area contributed by atoms with Crippen molar-refractivity contribution in [1.29, 1.82) is 0 Å². The van der Waals surface area contributed by atoms with Crippen LogP contribution >= 0.6 is 0 Å². The summed E-state index contributed by atoms with van der Waals surface area (Å²) in [6.45, 7) is 5.49. The topological polar surface area (TPSA) is 69.7 Å². The number of aryl methyl sites for hydroxylation is 1. The van der Waals surface area contributed by atoms with Crippen LogP contribution in [0.15, 0.2) is 24.3 Å². The monoisotopic (exact) mass is 369 g/mol. The van der Waals surface area contributed by atoms with Crippen LogP contribution in [-0.4, -0.2) is 47.3 Å². The third-order valence-electron chi connectivity index (χ3n) is 6.17. The molecule has 1 aliphatic carbocycles. The molecule has 0 bridgehead atoms. The highest BCUT2D eigenvalue weighted by molar-refractivity contribution is 6.09. The van der Waals surface area contributed by atoms with Crippen LogP contribution in [-0.2, 0) is 21.5 Å². The van der Waals surface area contributed by atoms with Crippen molar-refractivity contribution in [3.63, 3.8) is 0 Å². The number of hydrogen-bond acceptors (Lipinski definition) is 3. The van der Waals surface area contributed by atoms with E-state index in [0.717, 1.165) is 35.3 Å². The molecule has 0 saturated carbocycles. The number of carbonyl (C=O) groups is 3. The summed E-state index contributed by atoms with van der Waals surface area (Å²) >= 11 is 0. The summed E-state index contributed by atoms with van der Waals surface area (Å²) in [6.07, 6.45) is 3.43. The fourth-order valence-electron chi connectivity index (χ4n) is 5.06. The zero-order valence-electron chi connectivity index (χ0n) is 16.0. The molecule has 1 aromatic carbocycles. The summed E-state index contributed by atoms with van der Waals surface area (Å²) in [5, 5.41) is 2.92. The molecule has 6 heteroatoms. The van der Waals surface area contributed by atoms with Gasteiger partial charge in [0.15, 0.2) is 0 Å². The van der Waals surface area contributed by atoms with Gasteiger partial charge < -0.3 is 10.2 Å². The molecule has 6 nitrogen and oxygen atoms in total. The van der Waals surface area contributed by atoms with Crippen molar-refractivity contribution in [3.05, 3.63) is 35.4 Å². The van der Waals surface area contributed by atoms with E-state index in [0.29, 0.717) is 31.3 Å². The largest absolute Gasteiger partial charge is 0.341 e. The Kier molecular flexibility index (Phi) is 4.44. The van der Waals surface area contributed by atoms with E-state index in [2.05, 4.69) is 19.2 Å². The van der Waals surface area contributed by atoms with Crippen LogP contribution in [0.1, 0.15) is 44.2 Å². The van der Waals surface area contributed by atoms with Crippen LogP contribution in [0.25, 0.3) is 0 Å². The highest BCUT2D eigenvalue weighted by Gasteiger charge is 2.54. The SMILES string of the molecule is CC1CC(C)CN(C(=O)CN2C(=O)NC3(CCCc4ccccc43)C2=O)C1. The number of imide groups is 1. The van der Waals surface area contributed by atoms with Gasteiger partial charge in [0.05, 0.1) is 0 Å². The maximum Gasteiger partial charge on any atom is 0.325 e. The lowest BCUT2D eigenvalue weighted by molar-refractivity contribution is -0.140. The van der Waals surface area contributed by atoms with Crippen LogP contribution in [0.3, 0.4) is 0 Å². The molecular formula is C21H27N3O3. The molecule has 3 atom stereocenters. The Morgan fingerprint density at radius 1 is 1.19 bits per heavy atom. The Hall–Kier alpha value is -2.37. The van der Waals surface area contributed by atoms with Crippen molar-refractivity contribution in [2.24, 2.45) is 11.8 Å². The Bertz CT molecular complexity index is 783. The second-order valence-electron chi connectivity index (χ2n) is 8.48. The number of benzene rings is 1. The van der Waals surface area contributed by atoms with Crippen LogP contribution in [0.2, 0.25) is 0 Å². The van der Waals surface area contributed by atoms with Crippen molar-refractivity contribution < 1.29 is 14.4 Å². The van der Waals surface area contributed by atoms with E-state index >= 15 is 0 Å². The van der Waals surface area contributed by atoms with Crippen molar-refractivity contribution in [3.8, 4) is 0 Å². The first kappa shape index (κ1) is 18.0. The van der Waals surface area contributed by atoms with Gasteiger partial charge in [0.2, 0.25) is 5.91 Å². The summed E-state index contributed by atoms with van der Waals surface area (Å²) in [6, 6.07) is 7.34. The van der Waals surface area contributed by atoms with Gasteiger partial charge >= 0.3 is 6.03 Å². The van der Waals surface area contributed by atoms with E-state index in [9.17, 15) is 14.4 Å². The molecule has 4 rings (SSSR count). The van der Waals surface area contributed by atoms with Crippen molar-refractivity contribution in [2.45, 2.75) is 45.1 Å². The van der Waals surface area contributed by atoms with Gasteiger partial charge in [-0.05, 0) is 48.6 Å². The second kappa shape index (κ2) is 6.66. The number of nitrogens with one attached hydrogen (secondary N) is 1. The van der Waals surface area contributed by atoms with E-state index in [1.165, 1.54) is 0 Å². The highest BCUT2D eigenvalue weighted by Crippen LogP contribution is 2.39. The lowest BCUT2D eigenvalue weighted by Crippen LogP contribution is -2.49. The van der Waals surface area contributed by atoms with E-state index in [-0.39, 0.29) is 18.4 Å². The summed E-state index contributed by atoms with van der Waals surface area (Å²) in [5.74, 6) is 0.457. The number of urea groups is 1. The minimum Gasteiger partial charge on any atom is -0.341 e. The van der Waals surface area contributed by atoms with Crippen molar-refractivity contribution in [1.82, 2.24) is 15.1 Å². The van der Waals surface area contributed by atoms with Crippen molar-refractivity contribution >= 4 is 17.8 Å². The molecule has 2 saturated heterocycles. The first-order chi connectivity index (χ1) is 12.9. The summed E-state index contributed by atoms with van der Waals surface area (Å²) in [5.41, 5.74) is 0.975. The summed E-state index contributed by atoms with van der Waals surface area (Å²) in [4.78, 5) is 41.6. The quantitative estimate of drug-likeness (QED) is 0.813. The number of likely N-dealkylation sites (tertiary alicyclic amines) is 1. The minimum atomic E-state index is -1.01. The molecule has 3 unspecified atom stereocenters. The Morgan fingerprint density at radius 3 is 2.63 bits per heavy atom. The van der Waals surface area contributed by atoms with Crippen LogP contribution in [0, 0.1) is 11.8 Å². The number of carbonyl (C=O) groups excluding carboxylic acids is 3. The van der Waals surface area contributed by atoms with Crippen LogP contribution in [0.4, 0.5) is 4.79 Å². The average molecular weight is 369 g/mol. The summed E-state index contributed by atoms with van der Waals surface area (Å²) in [7, 11) is 0. The molecule has 1 N–H and O–H groups in total. The first-order valence-electron chi connectivity index (χ1n) is 9.91. The molecular weight excluding hydrogens is 342 g/mol. The zero-order chi connectivity index (χ0) is 19.2. The fourth-order valence-corrected chi connectivity index (χ4v) is 5.06. The summed E-state index contributed by atoms with van der Waals surface area (Å²) < 4.78 is 0. The lowest BCUT2D eigenvalue weighted by Gasteiger charge is -2.36. The molecule has 1 spiro atoms. The van der Waals surface area contributed by atoms with E-state index in [1.54, 1.807) is 4.90 Å². The van der Waals surface area contributed by atoms with Crippen LogP contribution < -0.4 is 5.32 Å². The highest BCUT2D eigenvalue weighted by atomic mass is 16.2. The standard InChI is InChI=1S/C21H27N3O3/c1-14-10-15(2)12-23(11-14)18(25)13-24-19(26)21(22-20(24)27)9-5-7-16-6-3-4-8-17(16)21/h3-4,6,8,14-15H,5,7,9-13H2,1-2H3,(H,22,27). The molecule has 0 radical (unpaired) electrons. The number of fused-ring (bicyclic) bond motifs is 2. The van der Waals surface area contributed by atoms with Gasteiger partial charge in [-0.15, -0.1) is 0 Å². The van der Waals surface area contributed by atoms with Gasteiger partial charge in [-0.25, -0.2) is 4.79 Å². The number of amides is 4. The lowest BCUT2D eigenvalue weighted by atomic mass is 9.76. The Balaban J connectivity index is 1.55. The average Bonchev–Trinajstić information content (AvgIpc) is 2.86. The predicted octanol–water partition coefficient (Wildman–Crippen LogP) is 2.27. The predicted molar refractivity (Wildman–Crippen MR) is 101 cm³/mol. The number of nitrogens with zero attached hydrogens (tertiary/aromatic N) is 2. The van der Waals surface area contributed by atoms with Gasteiger partial charge in [-0.3, -0.25) is 14.5 Å². The van der Waals surface area contributed by atoms with Crippen LogP contribution in [0.5, 0.6) is 0 Å². The maximum atomic E-state index is 13.3. The number of hydrogen-bond donors (Lipinski definition) is 1. The van der Waals surface area contributed by atoms with E-state index < -0.39 is 11.6 Å². The molecule has 1 aromatic rings. The second-order valence-corrected chi connectivity index (χ2v) is 8.48. The van der Waals surface area contributed by atoms with E-state index in [1.807, 2.05) is 24.3 Å². The van der Waals surface area contributed by atoms with Gasteiger partial charge in [-0.1, -0.05) is 38.1 Å². The molecule has 2 aliphatic heterocycles. The maximum absolute atomic E-state index is 13.3.